The van der Waals surface area contributed by atoms with Gasteiger partial charge in [0.1, 0.15) is 24.4 Å². The summed E-state index contributed by atoms with van der Waals surface area (Å²) in [6.45, 7) is 0. The largest absolute Gasteiger partial charge is 0.504 e. The molecule has 0 heterocycles. The highest BCUT2D eigenvalue weighted by molar-refractivity contribution is 6.65. The lowest BCUT2D eigenvalue weighted by Gasteiger charge is -2.23. The van der Waals surface area contributed by atoms with E-state index < -0.39 is 93.5 Å². The summed E-state index contributed by atoms with van der Waals surface area (Å²) in [6.07, 6.45) is -12.4. The third kappa shape index (κ3) is 5.00. The van der Waals surface area contributed by atoms with Crippen molar-refractivity contribution in [2.75, 3.05) is 0 Å². The molecule has 5 atom stereocenters. The number of aliphatic hydroxyl groups is 5. The Morgan fingerprint density at radius 3 is 1.24 bits per heavy atom. The molecule has 0 aliphatic carbocycles. The van der Waals surface area contributed by atoms with Gasteiger partial charge in [-0.3, -0.25) is 14.4 Å². The quantitative estimate of drug-likeness (QED) is 0.0995. The molecule has 0 saturated heterocycles. The SMILES string of the molecule is O=C(C(=O)C(O)C(O)c1cc(O)c(O)c(O)c1)C(=O)[C@@H](O)C(O)C(O)c1cc(O)c(O)c(O)c1. The molecule has 14 nitrogen and oxygen atoms in total. The lowest BCUT2D eigenvalue weighted by molar-refractivity contribution is -0.156. The number of Topliss-reactive ketones (excluding diaryl/α,β-unsaturated/α-hetero) is 3. The first kappa shape index (κ1) is 26.3. The van der Waals surface area contributed by atoms with Gasteiger partial charge in [0.25, 0.3) is 5.78 Å². The van der Waals surface area contributed by atoms with Gasteiger partial charge in [-0.15, -0.1) is 0 Å². The smallest absolute Gasteiger partial charge is 0.269 e. The number of carbonyl (C=O) groups is 3. The second-order valence-corrected chi connectivity index (χ2v) is 7.14. The Bertz CT molecular complexity index is 1080. The third-order valence-corrected chi connectivity index (χ3v) is 4.80. The van der Waals surface area contributed by atoms with Crippen LogP contribution in [0, 0.1) is 0 Å². The Hall–Kier alpha value is -3.95. The van der Waals surface area contributed by atoms with Crippen LogP contribution in [-0.2, 0) is 14.4 Å². The van der Waals surface area contributed by atoms with E-state index in [2.05, 4.69) is 0 Å². The maximum atomic E-state index is 12.1. The summed E-state index contributed by atoms with van der Waals surface area (Å²) in [5.74, 6) is -11.8. The van der Waals surface area contributed by atoms with Gasteiger partial charge in [0, 0.05) is 0 Å². The average Bonchev–Trinajstić information content (AvgIpc) is 2.81. The van der Waals surface area contributed by atoms with Gasteiger partial charge in [0.2, 0.25) is 11.6 Å². The van der Waals surface area contributed by atoms with Gasteiger partial charge in [-0.2, -0.15) is 0 Å². The van der Waals surface area contributed by atoms with Crippen molar-refractivity contribution >= 4 is 17.3 Å². The summed E-state index contributed by atoms with van der Waals surface area (Å²) in [7, 11) is 0. The zero-order valence-electron chi connectivity index (χ0n) is 16.8. The zero-order valence-corrected chi connectivity index (χ0v) is 16.8. The van der Waals surface area contributed by atoms with E-state index >= 15 is 0 Å². The molecule has 0 saturated carbocycles. The third-order valence-electron chi connectivity index (χ3n) is 4.80. The van der Waals surface area contributed by atoms with Crippen LogP contribution in [0.15, 0.2) is 24.3 Å². The molecule has 184 valence electrons. The summed E-state index contributed by atoms with van der Waals surface area (Å²) in [5, 5.41) is 106. The molecular weight excluding hydrogens is 464 g/mol. The molecular formula is C20H20O14. The minimum absolute atomic E-state index is 0.506. The normalized spacial score (nSPS) is 15.7. The first-order valence-electron chi connectivity index (χ1n) is 9.21. The number of ketones is 3. The zero-order chi connectivity index (χ0) is 26.1. The highest BCUT2D eigenvalue weighted by Gasteiger charge is 2.41. The molecule has 2 aromatic rings. The van der Waals surface area contributed by atoms with Crippen molar-refractivity contribution in [2.45, 2.75) is 30.5 Å². The Balaban J connectivity index is 2.18. The number of hydrogen-bond acceptors (Lipinski definition) is 14. The van der Waals surface area contributed by atoms with Gasteiger partial charge in [-0.1, -0.05) is 0 Å². The molecule has 11 N–H and O–H groups in total. The van der Waals surface area contributed by atoms with Crippen molar-refractivity contribution in [1.82, 2.24) is 0 Å². The van der Waals surface area contributed by atoms with Gasteiger partial charge in [-0.05, 0) is 35.4 Å². The minimum Gasteiger partial charge on any atom is -0.504 e. The van der Waals surface area contributed by atoms with E-state index in [9.17, 15) is 70.6 Å². The van der Waals surface area contributed by atoms with Gasteiger partial charge in [-0.25, -0.2) is 0 Å². The van der Waals surface area contributed by atoms with Crippen LogP contribution in [0.5, 0.6) is 34.5 Å². The highest BCUT2D eigenvalue weighted by Crippen LogP contribution is 2.39. The van der Waals surface area contributed by atoms with Crippen LogP contribution >= 0.6 is 0 Å². The van der Waals surface area contributed by atoms with Crippen LogP contribution in [0.4, 0.5) is 0 Å². The summed E-state index contributed by atoms with van der Waals surface area (Å²) in [5.41, 5.74) is -1.05. The van der Waals surface area contributed by atoms with E-state index in [1.807, 2.05) is 0 Å². The Morgan fingerprint density at radius 2 is 0.853 bits per heavy atom. The number of rotatable bonds is 9. The van der Waals surface area contributed by atoms with Crippen LogP contribution < -0.4 is 0 Å². The number of aromatic hydroxyl groups is 6. The average molecular weight is 484 g/mol. The molecule has 0 spiro atoms. The van der Waals surface area contributed by atoms with E-state index in [1.165, 1.54) is 0 Å². The van der Waals surface area contributed by atoms with Gasteiger partial charge >= 0.3 is 0 Å². The Kier molecular flexibility index (Phi) is 7.66. The molecule has 0 aliphatic rings. The highest BCUT2D eigenvalue weighted by atomic mass is 16.4. The maximum absolute atomic E-state index is 12.1. The minimum atomic E-state index is -2.75. The van der Waals surface area contributed by atoms with Crippen LogP contribution in [-0.4, -0.2) is 91.8 Å². The number of phenols is 6. The molecule has 14 heteroatoms. The topological polar surface area (TPSA) is 274 Å². The van der Waals surface area contributed by atoms with E-state index in [-0.39, 0.29) is 0 Å². The molecule has 0 aliphatic heterocycles. The van der Waals surface area contributed by atoms with Crippen molar-refractivity contribution < 1.29 is 70.6 Å². The predicted molar refractivity (Wildman–Crippen MR) is 106 cm³/mol. The van der Waals surface area contributed by atoms with E-state index in [0.717, 1.165) is 0 Å². The molecule has 0 fully saturated rings. The summed E-state index contributed by atoms with van der Waals surface area (Å²) in [6, 6.07) is 2.60. The van der Waals surface area contributed by atoms with Crippen molar-refractivity contribution in [2.24, 2.45) is 0 Å². The second-order valence-electron chi connectivity index (χ2n) is 7.14. The number of phenolic OH excluding ortho intramolecular Hbond substituents is 6. The summed E-state index contributed by atoms with van der Waals surface area (Å²) < 4.78 is 0. The monoisotopic (exact) mass is 484 g/mol. The molecule has 0 amide bonds. The molecule has 0 radical (unpaired) electrons. The van der Waals surface area contributed by atoms with Crippen LogP contribution in [0.1, 0.15) is 23.3 Å². The summed E-state index contributed by atoms with van der Waals surface area (Å²) in [4.78, 5) is 36.3. The van der Waals surface area contributed by atoms with Crippen molar-refractivity contribution in [3.05, 3.63) is 35.4 Å². The van der Waals surface area contributed by atoms with Crippen molar-refractivity contribution in [1.29, 1.82) is 0 Å². The first-order chi connectivity index (χ1) is 15.7. The fraction of sp³-hybridized carbons (Fsp3) is 0.250. The van der Waals surface area contributed by atoms with Crippen molar-refractivity contribution in [3.8, 4) is 34.5 Å². The second kappa shape index (κ2) is 9.90. The van der Waals surface area contributed by atoms with E-state index in [4.69, 9.17) is 0 Å². The first-order valence-corrected chi connectivity index (χ1v) is 9.21. The lowest BCUT2D eigenvalue weighted by Crippen LogP contribution is -2.46. The Labute approximate surface area is 189 Å². The fourth-order valence-corrected chi connectivity index (χ4v) is 2.83. The molecule has 0 bridgehead atoms. The van der Waals surface area contributed by atoms with Gasteiger partial charge in [0.05, 0.1) is 0 Å². The predicted octanol–water partition coefficient (Wildman–Crippen LogP) is -2.52. The number of carbonyl (C=O) groups excluding carboxylic acids is 3. The van der Waals surface area contributed by atoms with E-state index in [1.54, 1.807) is 0 Å². The van der Waals surface area contributed by atoms with Crippen LogP contribution in [0.2, 0.25) is 0 Å². The number of hydrogen-bond donors (Lipinski definition) is 11. The number of benzene rings is 2. The van der Waals surface area contributed by atoms with Crippen molar-refractivity contribution in [3.63, 3.8) is 0 Å². The Morgan fingerprint density at radius 1 is 0.529 bits per heavy atom. The van der Waals surface area contributed by atoms with Gasteiger partial charge < -0.3 is 56.2 Å². The standard InChI is InChI=1S/C20H20O14/c21-7-1-5(2-8(22)13(7)27)11(25)15(29)17(31)19(33)20(34)18(32)16(30)12(26)6-3-9(23)14(28)10(24)4-6/h1-4,11-12,15-17,21-31H/t11?,12?,15?,16?,17-/m0/s1. The molecule has 4 unspecified atom stereocenters. The molecule has 2 aromatic carbocycles. The van der Waals surface area contributed by atoms with Gasteiger partial charge in [0.15, 0.2) is 40.6 Å². The fourth-order valence-electron chi connectivity index (χ4n) is 2.83. The molecule has 2 rings (SSSR count). The lowest BCUT2D eigenvalue weighted by atomic mass is 9.92. The van der Waals surface area contributed by atoms with Crippen LogP contribution in [0.25, 0.3) is 0 Å². The van der Waals surface area contributed by atoms with E-state index in [0.29, 0.717) is 24.3 Å². The van der Waals surface area contributed by atoms with Crippen LogP contribution in [0.3, 0.4) is 0 Å². The number of aliphatic hydroxyl groups excluding tert-OH is 5. The summed E-state index contributed by atoms with van der Waals surface area (Å²) >= 11 is 0. The molecule has 34 heavy (non-hydrogen) atoms. The maximum Gasteiger partial charge on any atom is 0.269 e. The molecule has 0 aromatic heterocycles.